The standard InChI is InChI=1S/C21H24N2O2/c1-3-23(4-2)14-15-24-22-19-16-21(17-10-6-5-7-11-17)25-20-13-9-8-12-18(19)20/h5-13,16H,3-4,14-15H2,1-2H3/b22-19-. The highest BCUT2D eigenvalue weighted by molar-refractivity contribution is 5.78. The molecule has 25 heavy (non-hydrogen) atoms. The quantitative estimate of drug-likeness (QED) is 0.477. The Morgan fingerprint density at radius 1 is 0.960 bits per heavy atom. The van der Waals surface area contributed by atoms with Crippen LogP contribution in [0, 0.1) is 0 Å². The first-order valence-corrected chi connectivity index (χ1v) is 8.78. The van der Waals surface area contributed by atoms with Crippen LogP contribution in [-0.2, 0) is 4.84 Å². The second kappa shape index (κ2) is 8.49. The van der Waals surface area contributed by atoms with Crippen molar-refractivity contribution in [2.45, 2.75) is 13.8 Å². The average Bonchev–Trinajstić information content (AvgIpc) is 2.68. The zero-order valence-corrected chi connectivity index (χ0v) is 14.8. The van der Waals surface area contributed by atoms with Gasteiger partial charge in [-0.25, -0.2) is 0 Å². The maximum Gasteiger partial charge on any atom is 0.136 e. The Balaban J connectivity index is 1.91. The van der Waals surface area contributed by atoms with E-state index in [0.29, 0.717) is 6.61 Å². The number of likely N-dealkylation sites (N-methyl/N-ethyl adjacent to an activating group) is 1. The molecule has 0 aliphatic carbocycles. The first-order chi connectivity index (χ1) is 12.3. The molecule has 0 radical (unpaired) electrons. The summed E-state index contributed by atoms with van der Waals surface area (Å²) >= 11 is 0. The number of benzene rings is 2. The van der Waals surface area contributed by atoms with Crippen LogP contribution < -0.4 is 5.36 Å². The number of para-hydroxylation sites is 1. The molecule has 0 unspecified atom stereocenters. The van der Waals surface area contributed by atoms with Crippen molar-refractivity contribution in [2.75, 3.05) is 26.2 Å². The smallest absolute Gasteiger partial charge is 0.136 e. The summed E-state index contributed by atoms with van der Waals surface area (Å²) in [7, 11) is 0. The molecular weight excluding hydrogens is 312 g/mol. The minimum atomic E-state index is 0.572. The Hall–Kier alpha value is -2.59. The van der Waals surface area contributed by atoms with Gasteiger partial charge < -0.3 is 14.2 Å². The molecule has 4 heteroatoms. The number of nitrogens with zero attached hydrogens (tertiary/aromatic N) is 2. The Kier molecular flexibility index (Phi) is 5.86. The minimum absolute atomic E-state index is 0.572. The topological polar surface area (TPSA) is 38.0 Å². The van der Waals surface area contributed by atoms with Gasteiger partial charge in [0.1, 0.15) is 23.3 Å². The summed E-state index contributed by atoms with van der Waals surface area (Å²) in [5.74, 6) is 0.783. The lowest BCUT2D eigenvalue weighted by Gasteiger charge is -2.16. The van der Waals surface area contributed by atoms with Gasteiger partial charge in [-0.05, 0) is 25.2 Å². The van der Waals surface area contributed by atoms with Gasteiger partial charge in [0.2, 0.25) is 0 Å². The van der Waals surface area contributed by atoms with Gasteiger partial charge in [0.15, 0.2) is 0 Å². The van der Waals surface area contributed by atoms with Gasteiger partial charge in [-0.15, -0.1) is 0 Å². The Morgan fingerprint density at radius 3 is 2.44 bits per heavy atom. The van der Waals surface area contributed by atoms with Crippen molar-refractivity contribution in [1.29, 1.82) is 0 Å². The van der Waals surface area contributed by atoms with E-state index in [-0.39, 0.29) is 0 Å². The Labute approximate surface area is 148 Å². The minimum Gasteiger partial charge on any atom is -0.456 e. The molecule has 3 rings (SSSR count). The summed E-state index contributed by atoms with van der Waals surface area (Å²) in [5, 5.41) is 6.12. The van der Waals surface area contributed by atoms with E-state index < -0.39 is 0 Å². The molecule has 0 amide bonds. The van der Waals surface area contributed by atoms with Gasteiger partial charge in [-0.1, -0.05) is 61.5 Å². The summed E-state index contributed by atoms with van der Waals surface area (Å²) in [6.45, 7) is 7.79. The van der Waals surface area contributed by atoms with Crippen LogP contribution in [-0.4, -0.2) is 31.1 Å². The van der Waals surface area contributed by atoms with Gasteiger partial charge in [0.05, 0.1) is 0 Å². The molecule has 0 spiro atoms. The second-order valence-corrected chi connectivity index (χ2v) is 5.81. The van der Waals surface area contributed by atoms with E-state index in [1.807, 2.05) is 60.7 Å². The van der Waals surface area contributed by atoms with Gasteiger partial charge in [0.25, 0.3) is 0 Å². The van der Waals surface area contributed by atoms with Crippen molar-refractivity contribution in [3.63, 3.8) is 0 Å². The van der Waals surface area contributed by atoms with Crippen molar-refractivity contribution < 1.29 is 9.25 Å². The first-order valence-electron chi connectivity index (χ1n) is 8.78. The Morgan fingerprint density at radius 2 is 1.68 bits per heavy atom. The van der Waals surface area contributed by atoms with Crippen LogP contribution in [0.1, 0.15) is 13.8 Å². The third kappa shape index (κ3) is 4.28. The number of hydrogen-bond donors (Lipinski definition) is 0. The molecule has 0 saturated heterocycles. The molecule has 0 N–H and O–H groups in total. The van der Waals surface area contributed by atoms with E-state index in [2.05, 4.69) is 23.9 Å². The van der Waals surface area contributed by atoms with Crippen molar-refractivity contribution >= 4 is 11.0 Å². The van der Waals surface area contributed by atoms with E-state index in [1.165, 1.54) is 0 Å². The molecule has 0 saturated carbocycles. The lowest BCUT2D eigenvalue weighted by Crippen LogP contribution is -2.26. The molecular formula is C21H24N2O2. The van der Waals surface area contributed by atoms with Crippen LogP contribution in [0.15, 0.2) is 70.2 Å². The summed E-state index contributed by atoms with van der Waals surface area (Å²) in [4.78, 5) is 7.90. The molecule has 4 nitrogen and oxygen atoms in total. The van der Waals surface area contributed by atoms with Crippen LogP contribution in [0.4, 0.5) is 0 Å². The highest BCUT2D eigenvalue weighted by atomic mass is 16.6. The first kappa shape index (κ1) is 17.2. The zero-order valence-electron chi connectivity index (χ0n) is 14.8. The van der Waals surface area contributed by atoms with E-state index >= 15 is 0 Å². The van der Waals surface area contributed by atoms with Gasteiger partial charge in [-0.3, -0.25) is 0 Å². The number of rotatable bonds is 7. The largest absolute Gasteiger partial charge is 0.456 e. The molecule has 0 fully saturated rings. The Bertz CT molecular complexity index is 868. The molecule has 0 bridgehead atoms. The molecule has 1 heterocycles. The lowest BCUT2D eigenvalue weighted by atomic mass is 10.1. The van der Waals surface area contributed by atoms with Crippen LogP contribution in [0.25, 0.3) is 22.3 Å². The second-order valence-electron chi connectivity index (χ2n) is 5.81. The van der Waals surface area contributed by atoms with Gasteiger partial charge >= 0.3 is 0 Å². The van der Waals surface area contributed by atoms with Gasteiger partial charge in [0, 0.05) is 23.6 Å². The molecule has 0 aliphatic rings. The van der Waals surface area contributed by atoms with Crippen LogP contribution >= 0.6 is 0 Å². The highest BCUT2D eigenvalue weighted by Crippen LogP contribution is 2.21. The summed E-state index contributed by atoms with van der Waals surface area (Å²) in [6.07, 6.45) is 0. The molecule has 1 aromatic heterocycles. The summed E-state index contributed by atoms with van der Waals surface area (Å²) in [5.41, 5.74) is 1.82. The summed E-state index contributed by atoms with van der Waals surface area (Å²) in [6, 6.07) is 19.9. The van der Waals surface area contributed by atoms with Crippen molar-refractivity contribution in [3.05, 3.63) is 66.0 Å². The third-order valence-corrected chi connectivity index (χ3v) is 4.27. The maximum absolute atomic E-state index is 6.04. The van der Waals surface area contributed by atoms with E-state index in [1.54, 1.807) is 0 Å². The van der Waals surface area contributed by atoms with Crippen molar-refractivity contribution in [3.8, 4) is 11.3 Å². The predicted molar refractivity (Wildman–Crippen MR) is 101 cm³/mol. The molecule has 0 atom stereocenters. The van der Waals surface area contributed by atoms with Crippen LogP contribution in [0.2, 0.25) is 0 Å². The number of fused-ring (bicyclic) bond motifs is 1. The predicted octanol–water partition coefficient (Wildman–Crippen LogP) is 4.27. The fourth-order valence-electron chi connectivity index (χ4n) is 2.76. The van der Waals surface area contributed by atoms with Crippen LogP contribution in [0.5, 0.6) is 0 Å². The van der Waals surface area contributed by atoms with E-state index in [0.717, 1.165) is 47.3 Å². The highest BCUT2D eigenvalue weighted by Gasteiger charge is 2.05. The fraction of sp³-hybridized carbons (Fsp3) is 0.286. The third-order valence-electron chi connectivity index (χ3n) is 4.27. The fourth-order valence-corrected chi connectivity index (χ4v) is 2.76. The van der Waals surface area contributed by atoms with Gasteiger partial charge in [-0.2, -0.15) is 0 Å². The molecule has 3 aromatic rings. The van der Waals surface area contributed by atoms with Crippen molar-refractivity contribution in [1.82, 2.24) is 4.90 Å². The molecule has 0 aliphatic heterocycles. The molecule has 130 valence electrons. The normalized spacial score (nSPS) is 12.0. The zero-order chi connectivity index (χ0) is 17.5. The van der Waals surface area contributed by atoms with E-state index in [9.17, 15) is 0 Å². The lowest BCUT2D eigenvalue weighted by molar-refractivity contribution is 0.106. The average molecular weight is 336 g/mol. The molecule has 2 aromatic carbocycles. The SMILES string of the molecule is CCN(CC)CCO/N=c1/cc(-c2ccccc2)oc2ccccc12. The number of hydrogen-bond acceptors (Lipinski definition) is 4. The van der Waals surface area contributed by atoms with Crippen molar-refractivity contribution in [2.24, 2.45) is 5.16 Å². The monoisotopic (exact) mass is 336 g/mol. The summed E-state index contributed by atoms with van der Waals surface area (Å²) < 4.78 is 6.04. The maximum atomic E-state index is 6.04. The van der Waals surface area contributed by atoms with Crippen LogP contribution in [0.3, 0.4) is 0 Å². The van der Waals surface area contributed by atoms with E-state index in [4.69, 9.17) is 9.25 Å².